The first-order valence-electron chi connectivity index (χ1n) is 29.3. The van der Waals surface area contributed by atoms with Crippen molar-refractivity contribution in [2.24, 2.45) is 0 Å². The van der Waals surface area contributed by atoms with Gasteiger partial charge in [0.2, 0.25) is 5.91 Å². The van der Waals surface area contributed by atoms with E-state index in [1.165, 1.54) is 283 Å². The highest BCUT2D eigenvalue weighted by Crippen LogP contribution is 2.19. The number of nitrogens with one attached hydrogen (secondary N) is 1. The minimum absolute atomic E-state index is 0.0437. The molecule has 0 aliphatic carbocycles. The maximum atomic E-state index is 12.5. The average Bonchev–Trinajstić information content (AvgIpc) is 3.28. The van der Waals surface area contributed by atoms with Crippen LogP contribution in [-0.4, -0.2) is 46.1 Å². The van der Waals surface area contributed by atoms with Crippen LogP contribution < -0.4 is 5.32 Å². The van der Waals surface area contributed by atoms with Gasteiger partial charge in [0.15, 0.2) is 0 Å². The van der Waals surface area contributed by atoms with Gasteiger partial charge in [-0.1, -0.05) is 322 Å². The molecule has 3 unspecified atom stereocenters. The molecule has 4 N–H and O–H groups in total. The summed E-state index contributed by atoms with van der Waals surface area (Å²) < 4.78 is 0. The second-order valence-corrected chi connectivity index (χ2v) is 20.6. The van der Waals surface area contributed by atoms with Crippen LogP contribution in [-0.2, 0) is 4.79 Å². The third kappa shape index (κ3) is 50.6. The topological polar surface area (TPSA) is 89.8 Å². The summed E-state index contributed by atoms with van der Waals surface area (Å²) in [5.41, 5.74) is 0. The minimum atomic E-state index is -0.745. The fraction of sp³-hybridized carbons (Fsp3) is 0.983. The van der Waals surface area contributed by atoms with Crippen LogP contribution in [0.25, 0.3) is 0 Å². The van der Waals surface area contributed by atoms with Gasteiger partial charge in [-0.15, -0.1) is 0 Å². The second kappa shape index (κ2) is 54.0. The van der Waals surface area contributed by atoms with Crippen molar-refractivity contribution in [2.45, 2.75) is 360 Å². The zero-order valence-corrected chi connectivity index (χ0v) is 43.3. The Hall–Kier alpha value is -0.650. The number of hydrogen-bond donors (Lipinski definition) is 4. The van der Waals surface area contributed by atoms with Crippen LogP contribution in [0.3, 0.4) is 0 Å². The Balaban J connectivity index is 3.46. The molecule has 0 aliphatic heterocycles. The molecule has 378 valence electrons. The molecule has 0 aliphatic rings. The van der Waals surface area contributed by atoms with Gasteiger partial charge >= 0.3 is 0 Å². The number of unbranched alkanes of at least 4 members (excludes halogenated alkanes) is 46. The van der Waals surface area contributed by atoms with E-state index in [9.17, 15) is 20.1 Å². The summed E-state index contributed by atoms with van der Waals surface area (Å²) in [5.74, 6) is -0.274. The molecular formula is C58H117NO4. The van der Waals surface area contributed by atoms with E-state index in [0.717, 1.165) is 25.7 Å². The van der Waals surface area contributed by atoms with Crippen molar-refractivity contribution in [2.75, 3.05) is 6.61 Å². The van der Waals surface area contributed by atoms with Gasteiger partial charge in [0.05, 0.1) is 31.3 Å². The van der Waals surface area contributed by atoms with Crippen LogP contribution in [0.4, 0.5) is 0 Å². The third-order valence-electron chi connectivity index (χ3n) is 14.2. The zero-order chi connectivity index (χ0) is 45.8. The molecule has 0 spiro atoms. The van der Waals surface area contributed by atoms with E-state index in [4.69, 9.17) is 0 Å². The lowest BCUT2D eigenvalue weighted by Gasteiger charge is -2.23. The molecule has 0 aromatic heterocycles. The smallest absolute Gasteiger partial charge is 0.222 e. The molecule has 3 atom stereocenters. The zero-order valence-electron chi connectivity index (χ0n) is 43.3. The summed E-state index contributed by atoms with van der Waals surface area (Å²) in [5, 5.41) is 33.7. The van der Waals surface area contributed by atoms with Crippen molar-refractivity contribution in [1.82, 2.24) is 5.32 Å². The van der Waals surface area contributed by atoms with Gasteiger partial charge in [-0.25, -0.2) is 0 Å². The first-order valence-corrected chi connectivity index (χ1v) is 29.3. The number of rotatable bonds is 55. The fourth-order valence-electron chi connectivity index (χ4n) is 9.70. The number of carbonyl (C=O) groups excluding carboxylic acids is 1. The molecule has 0 heterocycles. The summed E-state index contributed by atoms with van der Waals surface area (Å²) >= 11 is 0. The molecule has 0 aromatic rings. The predicted octanol–water partition coefficient (Wildman–Crippen LogP) is 18.1. The van der Waals surface area contributed by atoms with E-state index in [-0.39, 0.29) is 18.9 Å². The van der Waals surface area contributed by atoms with E-state index in [0.29, 0.717) is 12.8 Å². The van der Waals surface area contributed by atoms with Gasteiger partial charge in [0.1, 0.15) is 0 Å². The number of hydrogen-bond acceptors (Lipinski definition) is 4. The standard InChI is InChI=1S/C58H117NO4/c1-3-5-7-9-11-13-15-17-19-21-23-24-25-26-27-28-29-30-31-32-34-35-37-39-41-43-45-47-49-51-55(61)53-58(63)59-56(54-60)57(62)52-50-48-46-44-42-40-38-36-33-22-20-18-16-14-12-10-8-6-4-2/h55-57,60-62H,3-54H2,1-2H3,(H,59,63). The number of amides is 1. The molecule has 0 rings (SSSR count). The molecule has 5 nitrogen and oxygen atoms in total. The highest BCUT2D eigenvalue weighted by molar-refractivity contribution is 5.76. The second-order valence-electron chi connectivity index (χ2n) is 20.6. The van der Waals surface area contributed by atoms with Crippen molar-refractivity contribution in [3.63, 3.8) is 0 Å². The average molecular weight is 893 g/mol. The Bertz CT molecular complexity index is 853. The molecule has 0 radical (unpaired) electrons. The maximum absolute atomic E-state index is 12.5. The Morgan fingerprint density at radius 2 is 0.540 bits per heavy atom. The maximum Gasteiger partial charge on any atom is 0.222 e. The molecule has 0 aromatic carbocycles. The van der Waals surface area contributed by atoms with E-state index in [1.54, 1.807) is 0 Å². The van der Waals surface area contributed by atoms with Crippen LogP contribution >= 0.6 is 0 Å². The van der Waals surface area contributed by atoms with Crippen LogP contribution in [0.1, 0.15) is 341 Å². The van der Waals surface area contributed by atoms with Gasteiger partial charge in [0, 0.05) is 0 Å². The van der Waals surface area contributed by atoms with E-state index < -0.39 is 18.2 Å². The van der Waals surface area contributed by atoms with Crippen molar-refractivity contribution < 1.29 is 20.1 Å². The Labute approximate surface area is 396 Å². The summed E-state index contributed by atoms with van der Waals surface area (Å²) in [6.07, 6.45) is 65.6. The Morgan fingerprint density at radius 3 is 0.762 bits per heavy atom. The van der Waals surface area contributed by atoms with Crippen molar-refractivity contribution in [3.05, 3.63) is 0 Å². The Morgan fingerprint density at radius 1 is 0.333 bits per heavy atom. The lowest BCUT2D eigenvalue weighted by atomic mass is 10.0. The first kappa shape index (κ1) is 62.4. The van der Waals surface area contributed by atoms with Crippen molar-refractivity contribution in [3.8, 4) is 0 Å². The van der Waals surface area contributed by atoms with Gasteiger partial charge < -0.3 is 20.6 Å². The Kier molecular flexibility index (Phi) is 53.4. The van der Waals surface area contributed by atoms with Crippen LogP contribution in [0.2, 0.25) is 0 Å². The SMILES string of the molecule is CCCCCCCCCCCCCCCCCCCCCCCCCCCCCCCC(O)CC(=O)NC(CO)C(O)CCCCCCCCCCCCCCCCCCCCC. The molecule has 0 fully saturated rings. The van der Waals surface area contributed by atoms with Crippen LogP contribution in [0.15, 0.2) is 0 Å². The summed E-state index contributed by atoms with van der Waals surface area (Å²) in [7, 11) is 0. The summed E-state index contributed by atoms with van der Waals surface area (Å²) in [4.78, 5) is 12.5. The lowest BCUT2D eigenvalue weighted by Crippen LogP contribution is -2.46. The minimum Gasteiger partial charge on any atom is -0.394 e. The van der Waals surface area contributed by atoms with Crippen molar-refractivity contribution in [1.29, 1.82) is 0 Å². The molecule has 63 heavy (non-hydrogen) atoms. The summed E-state index contributed by atoms with van der Waals surface area (Å²) in [6.45, 7) is 4.31. The molecule has 1 amide bonds. The third-order valence-corrected chi connectivity index (χ3v) is 14.2. The quantitative estimate of drug-likeness (QED) is 0.0458. The monoisotopic (exact) mass is 892 g/mol. The number of aliphatic hydroxyl groups is 3. The van der Waals surface area contributed by atoms with E-state index in [2.05, 4.69) is 19.2 Å². The first-order chi connectivity index (χ1) is 31.0. The lowest BCUT2D eigenvalue weighted by molar-refractivity contribution is -0.125. The molecular weight excluding hydrogens is 775 g/mol. The highest BCUT2D eigenvalue weighted by atomic mass is 16.3. The van der Waals surface area contributed by atoms with Crippen LogP contribution in [0, 0.1) is 0 Å². The predicted molar refractivity (Wildman–Crippen MR) is 278 cm³/mol. The van der Waals surface area contributed by atoms with E-state index >= 15 is 0 Å². The molecule has 5 heteroatoms. The molecule has 0 bridgehead atoms. The van der Waals surface area contributed by atoms with Gasteiger partial charge in [-0.3, -0.25) is 4.79 Å². The number of aliphatic hydroxyl groups excluding tert-OH is 3. The molecule has 0 saturated carbocycles. The number of carbonyl (C=O) groups is 1. The van der Waals surface area contributed by atoms with Gasteiger partial charge in [-0.2, -0.15) is 0 Å². The molecule has 0 saturated heterocycles. The van der Waals surface area contributed by atoms with Crippen molar-refractivity contribution >= 4 is 5.91 Å². The summed E-state index contributed by atoms with van der Waals surface area (Å²) in [6, 6.07) is -0.654. The fourth-order valence-corrected chi connectivity index (χ4v) is 9.70. The highest BCUT2D eigenvalue weighted by Gasteiger charge is 2.21. The van der Waals surface area contributed by atoms with E-state index in [1.807, 2.05) is 0 Å². The van der Waals surface area contributed by atoms with Gasteiger partial charge in [-0.05, 0) is 12.8 Å². The normalized spacial score (nSPS) is 13.2. The van der Waals surface area contributed by atoms with Gasteiger partial charge in [0.25, 0.3) is 0 Å². The largest absolute Gasteiger partial charge is 0.394 e. The van der Waals surface area contributed by atoms with Crippen LogP contribution in [0.5, 0.6) is 0 Å².